The zero-order chi connectivity index (χ0) is 9.84. The minimum atomic E-state index is 0.455. The molecular weight excluding hydrogens is 273 g/mol. The van der Waals surface area contributed by atoms with Gasteiger partial charge in [0.2, 0.25) is 0 Å². The van der Waals surface area contributed by atoms with E-state index in [0.29, 0.717) is 6.04 Å². The SMILES string of the molecule is CCNC(C)c1cccc(C)c1I. The summed E-state index contributed by atoms with van der Waals surface area (Å²) in [6, 6.07) is 6.93. The van der Waals surface area contributed by atoms with Gasteiger partial charge in [-0.05, 0) is 54.1 Å². The van der Waals surface area contributed by atoms with Crippen molar-refractivity contribution in [1.82, 2.24) is 5.32 Å². The lowest BCUT2D eigenvalue weighted by Crippen LogP contribution is -2.18. The monoisotopic (exact) mass is 289 g/mol. The normalized spacial score (nSPS) is 12.9. The second-order valence-electron chi connectivity index (χ2n) is 3.26. The first-order chi connectivity index (χ1) is 6.16. The summed E-state index contributed by atoms with van der Waals surface area (Å²) in [4.78, 5) is 0. The fraction of sp³-hybridized carbons (Fsp3) is 0.455. The van der Waals surface area contributed by atoms with Gasteiger partial charge in [-0.2, -0.15) is 0 Å². The topological polar surface area (TPSA) is 12.0 Å². The molecule has 0 radical (unpaired) electrons. The minimum absolute atomic E-state index is 0.455. The van der Waals surface area contributed by atoms with Crippen LogP contribution in [0.1, 0.15) is 31.0 Å². The summed E-state index contributed by atoms with van der Waals surface area (Å²) in [7, 11) is 0. The van der Waals surface area contributed by atoms with E-state index in [-0.39, 0.29) is 0 Å². The maximum atomic E-state index is 3.43. The zero-order valence-corrected chi connectivity index (χ0v) is 10.6. The van der Waals surface area contributed by atoms with Crippen molar-refractivity contribution in [2.24, 2.45) is 0 Å². The number of aryl methyl sites for hydroxylation is 1. The quantitative estimate of drug-likeness (QED) is 0.842. The van der Waals surface area contributed by atoms with Gasteiger partial charge < -0.3 is 5.32 Å². The predicted octanol–water partition coefficient (Wildman–Crippen LogP) is 3.27. The van der Waals surface area contributed by atoms with Crippen LogP contribution in [0.3, 0.4) is 0 Å². The number of benzene rings is 1. The Kier molecular flexibility index (Phi) is 4.19. The van der Waals surface area contributed by atoms with Crippen LogP contribution in [0.15, 0.2) is 18.2 Å². The average molecular weight is 289 g/mol. The Hall–Kier alpha value is -0.0900. The van der Waals surface area contributed by atoms with Gasteiger partial charge in [-0.1, -0.05) is 25.1 Å². The third-order valence-electron chi connectivity index (χ3n) is 2.20. The summed E-state index contributed by atoms with van der Waals surface area (Å²) in [6.45, 7) is 7.52. The highest BCUT2D eigenvalue weighted by Crippen LogP contribution is 2.22. The number of rotatable bonds is 3. The lowest BCUT2D eigenvalue weighted by Gasteiger charge is -2.15. The number of hydrogen-bond acceptors (Lipinski definition) is 1. The molecule has 0 fully saturated rings. The van der Waals surface area contributed by atoms with Crippen molar-refractivity contribution in [2.45, 2.75) is 26.8 Å². The van der Waals surface area contributed by atoms with E-state index in [9.17, 15) is 0 Å². The minimum Gasteiger partial charge on any atom is -0.310 e. The van der Waals surface area contributed by atoms with Gasteiger partial charge in [0.25, 0.3) is 0 Å². The van der Waals surface area contributed by atoms with E-state index in [0.717, 1.165) is 6.54 Å². The van der Waals surface area contributed by atoms with Gasteiger partial charge in [0.1, 0.15) is 0 Å². The van der Waals surface area contributed by atoms with Gasteiger partial charge in [0, 0.05) is 9.61 Å². The van der Waals surface area contributed by atoms with Crippen LogP contribution in [0.2, 0.25) is 0 Å². The lowest BCUT2D eigenvalue weighted by atomic mass is 10.1. The molecule has 1 aromatic carbocycles. The molecule has 1 unspecified atom stereocenters. The van der Waals surface area contributed by atoms with Crippen molar-refractivity contribution in [3.63, 3.8) is 0 Å². The summed E-state index contributed by atoms with van der Waals surface area (Å²) in [5.74, 6) is 0. The standard InChI is InChI=1S/C11H16IN/c1-4-13-9(3)10-7-5-6-8(2)11(10)12/h5-7,9,13H,4H2,1-3H3. The Bertz CT molecular complexity index is 283. The molecule has 0 saturated carbocycles. The van der Waals surface area contributed by atoms with Crippen molar-refractivity contribution < 1.29 is 0 Å². The molecule has 1 rings (SSSR count). The lowest BCUT2D eigenvalue weighted by molar-refractivity contribution is 0.595. The molecule has 0 aromatic heterocycles. The summed E-state index contributed by atoms with van der Waals surface area (Å²) in [5, 5.41) is 3.43. The van der Waals surface area contributed by atoms with Gasteiger partial charge in [-0.15, -0.1) is 0 Å². The number of halogens is 1. The maximum Gasteiger partial charge on any atom is 0.0302 e. The third-order valence-corrected chi connectivity index (χ3v) is 3.67. The molecule has 0 saturated heterocycles. The van der Waals surface area contributed by atoms with Crippen LogP contribution in [-0.4, -0.2) is 6.54 Å². The molecule has 0 heterocycles. The van der Waals surface area contributed by atoms with Crippen molar-refractivity contribution in [2.75, 3.05) is 6.54 Å². The fourth-order valence-electron chi connectivity index (χ4n) is 1.42. The Labute approximate surface area is 94.1 Å². The van der Waals surface area contributed by atoms with Crippen LogP contribution in [-0.2, 0) is 0 Å². The van der Waals surface area contributed by atoms with E-state index in [2.05, 4.69) is 66.9 Å². The number of nitrogens with one attached hydrogen (secondary N) is 1. The van der Waals surface area contributed by atoms with Crippen molar-refractivity contribution in [3.05, 3.63) is 32.9 Å². The number of hydrogen-bond donors (Lipinski definition) is 1. The average Bonchev–Trinajstić information content (AvgIpc) is 2.10. The Balaban J connectivity index is 2.93. The van der Waals surface area contributed by atoms with E-state index in [1.807, 2.05) is 0 Å². The van der Waals surface area contributed by atoms with Gasteiger partial charge in [0.05, 0.1) is 0 Å². The van der Waals surface area contributed by atoms with Crippen LogP contribution in [0.5, 0.6) is 0 Å². The van der Waals surface area contributed by atoms with Crippen molar-refractivity contribution >= 4 is 22.6 Å². The zero-order valence-electron chi connectivity index (χ0n) is 8.39. The molecule has 0 spiro atoms. The van der Waals surface area contributed by atoms with E-state index < -0.39 is 0 Å². The molecular formula is C11H16IN. The second-order valence-corrected chi connectivity index (χ2v) is 4.34. The highest BCUT2D eigenvalue weighted by Gasteiger charge is 2.08. The molecule has 0 aliphatic carbocycles. The van der Waals surface area contributed by atoms with E-state index >= 15 is 0 Å². The Morgan fingerprint density at radius 1 is 1.46 bits per heavy atom. The summed E-state index contributed by atoms with van der Waals surface area (Å²) in [6.07, 6.45) is 0. The van der Waals surface area contributed by atoms with Crippen LogP contribution in [0, 0.1) is 10.5 Å². The van der Waals surface area contributed by atoms with Crippen LogP contribution in [0.4, 0.5) is 0 Å². The highest BCUT2D eigenvalue weighted by molar-refractivity contribution is 14.1. The molecule has 13 heavy (non-hydrogen) atoms. The first kappa shape index (κ1) is 11.0. The smallest absolute Gasteiger partial charge is 0.0302 e. The van der Waals surface area contributed by atoms with Gasteiger partial charge >= 0.3 is 0 Å². The van der Waals surface area contributed by atoms with Gasteiger partial charge in [-0.25, -0.2) is 0 Å². The highest BCUT2D eigenvalue weighted by atomic mass is 127. The molecule has 1 atom stereocenters. The van der Waals surface area contributed by atoms with Crippen LogP contribution >= 0.6 is 22.6 Å². The third kappa shape index (κ3) is 2.68. The molecule has 0 aliphatic heterocycles. The Morgan fingerprint density at radius 3 is 2.77 bits per heavy atom. The van der Waals surface area contributed by atoms with Crippen LogP contribution < -0.4 is 5.32 Å². The van der Waals surface area contributed by atoms with Crippen molar-refractivity contribution in [1.29, 1.82) is 0 Å². The molecule has 0 amide bonds. The van der Waals surface area contributed by atoms with E-state index in [1.165, 1.54) is 14.7 Å². The predicted molar refractivity (Wildman–Crippen MR) is 66.0 cm³/mol. The second kappa shape index (κ2) is 4.96. The molecule has 1 nitrogen and oxygen atoms in total. The van der Waals surface area contributed by atoms with Crippen LogP contribution in [0.25, 0.3) is 0 Å². The first-order valence-electron chi connectivity index (χ1n) is 4.65. The fourth-order valence-corrected chi connectivity index (χ4v) is 2.25. The maximum absolute atomic E-state index is 3.43. The Morgan fingerprint density at radius 2 is 2.15 bits per heavy atom. The summed E-state index contributed by atoms with van der Waals surface area (Å²) < 4.78 is 1.38. The molecule has 72 valence electrons. The summed E-state index contributed by atoms with van der Waals surface area (Å²) >= 11 is 2.42. The molecule has 0 bridgehead atoms. The molecule has 2 heteroatoms. The summed E-state index contributed by atoms with van der Waals surface area (Å²) in [5.41, 5.74) is 2.77. The van der Waals surface area contributed by atoms with Gasteiger partial charge in [-0.3, -0.25) is 0 Å². The largest absolute Gasteiger partial charge is 0.310 e. The van der Waals surface area contributed by atoms with Gasteiger partial charge in [0.15, 0.2) is 0 Å². The molecule has 1 aromatic rings. The van der Waals surface area contributed by atoms with E-state index in [4.69, 9.17) is 0 Å². The van der Waals surface area contributed by atoms with E-state index in [1.54, 1.807) is 0 Å². The molecule has 1 N–H and O–H groups in total. The first-order valence-corrected chi connectivity index (χ1v) is 5.73. The van der Waals surface area contributed by atoms with Crippen molar-refractivity contribution in [3.8, 4) is 0 Å². The molecule has 0 aliphatic rings.